The van der Waals surface area contributed by atoms with E-state index in [-0.39, 0.29) is 0 Å². The number of ether oxygens (including phenoxy) is 1. The molecule has 0 fully saturated rings. The van der Waals surface area contributed by atoms with E-state index in [0.717, 1.165) is 55.5 Å². The highest BCUT2D eigenvalue weighted by Gasteiger charge is 2.19. The highest BCUT2D eigenvalue weighted by Crippen LogP contribution is 2.31. The Morgan fingerprint density at radius 1 is 1.04 bits per heavy atom. The Hall–Kier alpha value is -2.30. The summed E-state index contributed by atoms with van der Waals surface area (Å²) >= 11 is 0. The molecule has 0 N–H and O–H groups in total. The molecular formula is C23H28BN3O. The van der Waals surface area contributed by atoms with Crippen LogP contribution in [0.4, 0.5) is 0 Å². The molecule has 0 bridgehead atoms. The predicted octanol–water partition coefficient (Wildman–Crippen LogP) is 3.70. The molecule has 5 heteroatoms. The van der Waals surface area contributed by atoms with Crippen LogP contribution < -0.4 is 10.2 Å². The number of aromatic nitrogens is 3. The minimum atomic E-state index is 0.517. The molecule has 1 aromatic carbocycles. The first-order chi connectivity index (χ1) is 13.7. The molecule has 2 aromatic heterocycles. The highest BCUT2D eigenvalue weighted by molar-refractivity contribution is 6.33. The number of aryl methyl sites for hydroxylation is 4. The van der Waals surface area contributed by atoms with Gasteiger partial charge in [-0.1, -0.05) is 31.4 Å². The smallest absolute Gasteiger partial charge is 0.316 e. The van der Waals surface area contributed by atoms with Gasteiger partial charge in [0.2, 0.25) is 0 Å². The highest BCUT2D eigenvalue weighted by atomic mass is 16.5. The average molecular weight is 373 g/mol. The van der Waals surface area contributed by atoms with Crippen LogP contribution in [-0.2, 0) is 32.2 Å². The third-order valence-corrected chi connectivity index (χ3v) is 5.69. The first-order valence-electron chi connectivity index (χ1n) is 10.6. The molecule has 1 aliphatic carbocycles. The first kappa shape index (κ1) is 19.0. The van der Waals surface area contributed by atoms with Gasteiger partial charge in [0, 0.05) is 34.5 Å². The van der Waals surface area contributed by atoms with Crippen LogP contribution >= 0.6 is 0 Å². The molecule has 4 rings (SSSR count). The quantitative estimate of drug-likeness (QED) is 0.468. The fourth-order valence-electron chi connectivity index (χ4n) is 4.25. The normalized spacial score (nSPS) is 13.6. The molecule has 4 nitrogen and oxygen atoms in total. The zero-order chi connectivity index (χ0) is 19.5. The van der Waals surface area contributed by atoms with Gasteiger partial charge >= 0.3 is 6.01 Å². The van der Waals surface area contributed by atoms with Gasteiger partial charge in [-0.25, -0.2) is 9.97 Å². The van der Waals surface area contributed by atoms with E-state index in [0.29, 0.717) is 12.6 Å². The lowest BCUT2D eigenvalue weighted by Gasteiger charge is -2.16. The summed E-state index contributed by atoms with van der Waals surface area (Å²) in [5.41, 5.74) is 7.24. The Labute approximate surface area is 168 Å². The van der Waals surface area contributed by atoms with Crippen molar-refractivity contribution in [2.24, 2.45) is 0 Å². The Bertz CT molecular complexity index is 957. The van der Waals surface area contributed by atoms with Crippen LogP contribution in [0.3, 0.4) is 0 Å². The second kappa shape index (κ2) is 8.38. The summed E-state index contributed by atoms with van der Waals surface area (Å²) in [5.74, 6) is 0. The summed E-state index contributed by atoms with van der Waals surface area (Å²) < 4.78 is 8.39. The molecule has 0 saturated heterocycles. The lowest BCUT2D eigenvalue weighted by atomic mass is 9.91. The molecular weight excluding hydrogens is 345 g/mol. The van der Waals surface area contributed by atoms with Gasteiger partial charge < -0.3 is 9.30 Å². The summed E-state index contributed by atoms with van der Waals surface area (Å²) in [4.78, 5) is 9.02. The summed E-state index contributed by atoms with van der Waals surface area (Å²) in [7, 11) is 6.06. The molecule has 2 heterocycles. The molecule has 0 atom stereocenters. The van der Waals surface area contributed by atoms with Crippen molar-refractivity contribution in [2.45, 2.75) is 65.3 Å². The van der Waals surface area contributed by atoms with Gasteiger partial charge in [0.25, 0.3) is 0 Å². The van der Waals surface area contributed by atoms with E-state index in [2.05, 4.69) is 46.6 Å². The second-order valence-corrected chi connectivity index (χ2v) is 7.60. The van der Waals surface area contributed by atoms with Crippen molar-refractivity contribution in [2.75, 3.05) is 6.61 Å². The minimum Gasteiger partial charge on any atom is -0.463 e. The standard InChI is InChI=1S/C23H28BN3O/c1-3-17-15-18(4-2)26-23(25-17)28-13-7-12-27-21-9-6-5-8-19(21)20-14-16(24)10-11-22(20)27/h10-11,14-15H,3-9,12-13H2,1-2H3. The maximum absolute atomic E-state index is 6.06. The minimum absolute atomic E-state index is 0.517. The van der Waals surface area contributed by atoms with E-state index in [1.807, 2.05) is 6.07 Å². The Morgan fingerprint density at radius 2 is 1.79 bits per heavy atom. The third-order valence-electron chi connectivity index (χ3n) is 5.69. The lowest BCUT2D eigenvalue weighted by molar-refractivity contribution is 0.277. The zero-order valence-electron chi connectivity index (χ0n) is 17.0. The largest absolute Gasteiger partial charge is 0.463 e. The Kier molecular flexibility index (Phi) is 5.70. The van der Waals surface area contributed by atoms with Gasteiger partial charge in [-0.2, -0.15) is 0 Å². The molecule has 28 heavy (non-hydrogen) atoms. The average Bonchev–Trinajstić information content (AvgIpc) is 3.04. The number of nitrogens with zero attached hydrogens (tertiary/aromatic N) is 3. The van der Waals surface area contributed by atoms with Gasteiger partial charge in [-0.15, -0.1) is 0 Å². The van der Waals surface area contributed by atoms with Crippen molar-refractivity contribution >= 4 is 24.2 Å². The fraction of sp³-hybridized carbons (Fsp3) is 0.478. The number of rotatable bonds is 7. The van der Waals surface area contributed by atoms with Crippen LogP contribution in [0.25, 0.3) is 10.9 Å². The summed E-state index contributed by atoms with van der Waals surface area (Å²) in [6.45, 7) is 5.79. The van der Waals surface area contributed by atoms with E-state index in [4.69, 9.17) is 12.6 Å². The molecule has 2 radical (unpaired) electrons. The molecule has 0 spiro atoms. The van der Waals surface area contributed by atoms with Crippen molar-refractivity contribution in [1.29, 1.82) is 0 Å². The van der Waals surface area contributed by atoms with Crippen LogP contribution in [0, 0.1) is 0 Å². The van der Waals surface area contributed by atoms with Crippen molar-refractivity contribution in [3.05, 3.63) is 46.9 Å². The molecule has 1 aliphatic rings. The molecule has 0 saturated carbocycles. The van der Waals surface area contributed by atoms with Crippen LogP contribution in [-0.4, -0.2) is 29.0 Å². The van der Waals surface area contributed by atoms with Crippen molar-refractivity contribution in [3.8, 4) is 6.01 Å². The van der Waals surface area contributed by atoms with Crippen LogP contribution in [0.5, 0.6) is 6.01 Å². The van der Waals surface area contributed by atoms with Gasteiger partial charge in [-0.3, -0.25) is 0 Å². The molecule has 0 unspecified atom stereocenters. The topological polar surface area (TPSA) is 39.9 Å². The molecule has 0 aliphatic heterocycles. The number of benzene rings is 1. The van der Waals surface area contributed by atoms with E-state index in [1.165, 1.54) is 35.0 Å². The summed E-state index contributed by atoms with van der Waals surface area (Å²) in [6, 6.07) is 8.91. The third kappa shape index (κ3) is 3.80. The van der Waals surface area contributed by atoms with Crippen molar-refractivity contribution < 1.29 is 4.74 Å². The second-order valence-electron chi connectivity index (χ2n) is 7.60. The monoisotopic (exact) mass is 373 g/mol. The molecule has 0 amide bonds. The Morgan fingerprint density at radius 3 is 2.54 bits per heavy atom. The van der Waals surface area contributed by atoms with Crippen LogP contribution in [0.1, 0.15) is 55.8 Å². The van der Waals surface area contributed by atoms with Crippen molar-refractivity contribution in [1.82, 2.24) is 14.5 Å². The molecule has 144 valence electrons. The van der Waals surface area contributed by atoms with Gasteiger partial charge in [0.05, 0.1) is 6.61 Å². The molecule has 3 aromatic rings. The van der Waals surface area contributed by atoms with Gasteiger partial charge in [0.1, 0.15) is 7.85 Å². The number of fused-ring (bicyclic) bond motifs is 3. The summed E-state index contributed by atoms with van der Waals surface area (Å²) in [5, 5.41) is 1.34. The fourth-order valence-corrected chi connectivity index (χ4v) is 4.25. The van der Waals surface area contributed by atoms with Crippen LogP contribution in [0.15, 0.2) is 24.3 Å². The first-order valence-corrected chi connectivity index (χ1v) is 10.6. The Balaban J connectivity index is 1.48. The maximum Gasteiger partial charge on any atom is 0.316 e. The SMILES string of the molecule is [B]c1ccc2c(c1)c1c(n2CCCOc2nc(CC)cc(CC)n2)CCCC1. The van der Waals surface area contributed by atoms with Crippen molar-refractivity contribution in [3.63, 3.8) is 0 Å². The predicted molar refractivity (Wildman–Crippen MR) is 115 cm³/mol. The lowest BCUT2D eigenvalue weighted by Crippen LogP contribution is -2.11. The van der Waals surface area contributed by atoms with Gasteiger partial charge in [0.15, 0.2) is 0 Å². The van der Waals surface area contributed by atoms with E-state index < -0.39 is 0 Å². The van der Waals surface area contributed by atoms with E-state index >= 15 is 0 Å². The number of hydrogen-bond donors (Lipinski definition) is 0. The number of hydrogen-bond acceptors (Lipinski definition) is 3. The van der Waals surface area contributed by atoms with E-state index in [9.17, 15) is 0 Å². The zero-order valence-corrected chi connectivity index (χ0v) is 17.0. The van der Waals surface area contributed by atoms with Crippen LogP contribution in [0.2, 0.25) is 0 Å². The maximum atomic E-state index is 6.06. The summed E-state index contributed by atoms with van der Waals surface area (Å²) in [6.07, 6.45) is 7.60. The van der Waals surface area contributed by atoms with E-state index in [1.54, 1.807) is 0 Å². The van der Waals surface area contributed by atoms with Gasteiger partial charge in [-0.05, 0) is 62.6 Å².